The number of hydrogen-bond acceptors (Lipinski definition) is 5. The summed E-state index contributed by atoms with van der Waals surface area (Å²) in [4.78, 5) is 24.5. The van der Waals surface area contributed by atoms with Crippen molar-refractivity contribution in [3.8, 4) is 0 Å². The van der Waals surface area contributed by atoms with Crippen LogP contribution in [-0.4, -0.2) is 47.4 Å². The number of carbonyl (C=O) groups excluding carboxylic acids is 2. The van der Waals surface area contributed by atoms with E-state index in [4.69, 9.17) is 4.74 Å². The first kappa shape index (κ1) is 71.8. The molecule has 0 aliphatic heterocycles. The Labute approximate surface area is 461 Å². The molecule has 0 fully saturated rings. The summed E-state index contributed by atoms with van der Waals surface area (Å²) in [7, 11) is 0. The Balaban J connectivity index is 3.39. The topological polar surface area (TPSA) is 95.9 Å². The van der Waals surface area contributed by atoms with Crippen molar-refractivity contribution in [2.75, 3.05) is 13.2 Å². The Morgan fingerprint density at radius 2 is 0.703 bits per heavy atom. The molecule has 6 nitrogen and oxygen atoms in total. The van der Waals surface area contributed by atoms with Crippen LogP contribution < -0.4 is 5.32 Å². The molecule has 0 saturated carbocycles. The molecule has 0 aromatic carbocycles. The van der Waals surface area contributed by atoms with Crippen molar-refractivity contribution in [1.82, 2.24) is 5.32 Å². The van der Waals surface area contributed by atoms with Crippen molar-refractivity contribution in [3.05, 3.63) is 48.6 Å². The third-order valence-corrected chi connectivity index (χ3v) is 15.1. The molecule has 0 heterocycles. The summed E-state index contributed by atoms with van der Waals surface area (Å²) in [6.07, 6.45) is 81.5. The van der Waals surface area contributed by atoms with Gasteiger partial charge in [-0.05, 0) is 83.5 Å². The fourth-order valence-electron chi connectivity index (χ4n) is 10.1. The molecule has 0 aliphatic rings. The number of aliphatic hydroxyl groups excluding tert-OH is 2. The van der Waals surface area contributed by atoms with E-state index in [0.29, 0.717) is 25.9 Å². The highest BCUT2D eigenvalue weighted by Gasteiger charge is 2.20. The maximum absolute atomic E-state index is 12.5. The molecule has 0 radical (unpaired) electrons. The van der Waals surface area contributed by atoms with E-state index in [0.717, 1.165) is 57.8 Å². The average molecular weight is 1040 g/mol. The standard InChI is InChI=1S/C68H127NO5/c1-3-5-7-9-11-13-15-36-40-44-48-52-56-60-66(71)65(64-70)69-67(72)61-57-53-49-45-41-38-34-32-30-28-26-24-22-20-18-17-19-21-23-25-27-29-31-33-35-39-43-47-51-55-59-63-74-68(73)62-58-54-50-46-42-37-16-14-12-10-8-6-4-2/h8,10,14,16,19,21,25,27,65-66,70-71H,3-7,9,11-13,15,17-18,20,22-24,26,28-64H2,1-2H3,(H,69,72)/b10-8-,16-14-,21-19-,27-25-. The van der Waals surface area contributed by atoms with Crippen molar-refractivity contribution in [2.24, 2.45) is 0 Å². The van der Waals surface area contributed by atoms with E-state index in [1.54, 1.807) is 0 Å². The summed E-state index contributed by atoms with van der Waals surface area (Å²) in [6.45, 7) is 4.89. The minimum atomic E-state index is -0.663. The Morgan fingerprint density at radius 1 is 0.378 bits per heavy atom. The maximum Gasteiger partial charge on any atom is 0.305 e. The van der Waals surface area contributed by atoms with Gasteiger partial charge < -0.3 is 20.3 Å². The fraction of sp³-hybridized carbons (Fsp3) is 0.853. The van der Waals surface area contributed by atoms with Gasteiger partial charge in [-0.15, -0.1) is 0 Å². The van der Waals surface area contributed by atoms with Crippen molar-refractivity contribution in [3.63, 3.8) is 0 Å². The molecule has 3 N–H and O–H groups in total. The molecule has 0 saturated heterocycles. The Hall–Kier alpha value is -2.18. The second kappa shape index (κ2) is 63.4. The summed E-state index contributed by atoms with van der Waals surface area (Å²) >= 11 is 0. The normalized spacial score (nSPS) is 12.9. The maximum atomic E-state index is 12.5. The summed E-state index contributed by atoms with van der Waals surface area (Å²) in [6, 6.07) is -0.541. The van der Waals surface area contributed by atoms with E-state index in [2.05, 4.69) is 67.8 Å². The molecule has 0 rings (SSSR count). The van der Waals surface area contributed by atoms with Crippen molar-refractivity contribution in [2.45, 2.75) is 360 Å². The molecule has 434 valence electrons. The van der Waals surface area contributed by atoms with Crippen LogP contribution in [-0.2, 0) is 14.3 Å². The summed E-state index contributed by atoms with van der Waals surface area (Å²) in [5, 5.41) is 23.3. The van der Waals surface area contributed by atoms with Crippen molar-refractivity contribution in [1.29, 1.82) is 0 Å². The van der Waals surface area contributed by atoms with Gasteiger partial charge in [-0.25, -0.2) is 0 Å². The molecule has 2 atom stereocenters. The third-order valence-electron chi connectivity index (χ3n) is 15.1. The predicted molar refractivity (Wildman–Crippen MR) is 324 cm³/mol. The first-order valence-corrected chi connectivity index (χ1v) is 32.9. The van der Waals surface area contributed by atoms with Gasteiger partial charge in [0.25, 0.3) is 0 Å². The van der Waals surface area contributed by atoms with Gasteiger partial charge in [-0.2, -0.15) is 0 Å². The van der Waals surface area contributed by atoms with E-state index in [-0.39, 0.29) is 18.5 Å². The number of amides is 1. The van der Waals surface area contributed by atoms with Gasteiger partial charge in [-0.1, -0.05) is 300 Å². The number of nitrogens with one attached hydrogen (secondary N) is 1. The van der Waals surface area contributed by atoms with E-state index >= 15 is 0 Å². The molecular formula is C68H127NO5. The average Bonchev–Trinajstić information content (AvgIpc) is 3.40. The largest absolute Gasteiger partial charge is 0.466 e. The summed E-state index contributed by atoms with van der Waals surface area (Å²) in [5.74, 6) is -0.0360. The van der Waals surface area contributed by atoms with Crippen molar-refractivity contribution >= 4 is 11.9 Å². The van der Waals surface area contributed by atoms with Crippen molar-refractivity contribution < 1.29 is 24.5 Å². The van der Waals surface area contributed by atoms with E-state index in [1.165, 1.54) is 257 Å². The predicted octanol–water partition coefficient (Wildman–Crippen LogP) is 20.9. The van der Waals surface area contributed by atoms with Gasteiger partial charge in [0.15, 0.2) is 0 Å². The molecule has 2 unspecified atom stereocenters. The Bertz CT molecular complexity index is 1240. The van der Waals surface area contributed by atoms with Gasteiger partial charge in [0.1, 0.15) is 0 Å². The number of unbranched alkanes of at least 4 members (excludes halogenated alkanes) is 42. The molecule has 74 heavy (non-hydrogen) atoms. The molecule has 0 spiro atoms. The zero-order valence-electron chi connectivity index (χ0n) is 49.6. The molecule has 0 aliphatic carbocycles. The number of aliphatic hydroxyl groups is 2. The van der Waals surface area contributed by atoms with Gasteiger partial charge in [0.2, 0.25) is 5.91 Å². The van der Waals surface area contributed by atoms with Crippen LogP contribution in [0.2, 0.25) is 0 Å². The van der Waals surface area contributed by atoms with Crippen LogP contribution in [0, 0.1) is 0 Å². The van der Waals surface area contributed by atoms with Crippen LogP contribution in [0.4, 0.5) is 0 Å². The summed E-state index contributed by atoms with van der Waals surface area (Å²) in [5.41, 5.74) is 0. The van der Waals surface area contributed by atoms with Crippen LogP contribution >= 0.6 is 0 Å². The first-order chi connectivity index (χ1) is 36.5. The Kier molecular flexibility index (Phi) is 61.5. The second-order valence-electron chi connectivity index (χ2n) is 22.4. The highest BCUT2D eigenvalue weighted by Crippen LogP contribution is 2.18. The lowest BCUT2D eigenvalue weighted by Crippen LogP contribution is -2.45. The molecule has 0 aromatic rings. The minimum absolute atomic E-state index is 0.00246. The smallest absolute Gasteiger partial charge is 0.305 e. The van der Waals surface area contributed by atoms with Gasteiger partial charge in [0, 0.05) is 12.8 Å². The highest BCUT2D eigenvalue weighted by molar-refractivity contribution is 5.76. The Morgan fingerprint density at radius 3 is 1.08 bits per heavy atom. The number of esters is 1. The SMILES string of the molecule is CCC/C=C\C/C=C\CCCCCCCC(=O)OCCCCCCCCCCC/C=C\C/C=C\CCCCCCCCCCCCCCCCCC(=O)NC(CO)C(O)CCCCCCCCCCCCCCC. The first-order valence-electron chi connectivity index (χ1n) is 32.9. The minimum Gasteiger partial charge on any atom is -0.466 e. The zero-order valence-corrected chi connectivity index (χ0v) is 49.6. The monoisotopic (exact) mass is 1040 g/mol. The number of hydrogen-bond donors (Lipinski definition) is 3. The molecule has 0 aromatic heterocycles. The van der Waals surface area contributed by atoms with Crippen LogP contribution in [0.1, 0.15) is 348 Å². The lowest BCUT2D eigenvalue weighted by atomic mass is 10.0. The lowest BCUT2D eigenvalue weighted by Gasteiger charge is -2.22. The number of rotatable bonds is 61. The highest BCUT2D eigenvalue weighted by atomic mass is 16.5. The zero-order chi connectivity index (χ0) is 53.6. The van der Waals surface area contributed by atoms with Gasteiger partial charge >= 0.3 is 5.97 Å². The molecule has 6 heteroatoms. The summed E-state index contributed by atoms with van der Waals surface area (Å²) < 4.78 is 5.47. The fourth-order valence-corrected chi connectivity index (χ4v) is 10.1. The van der Waals surface area contributed by atoms with Crippen LogP contribution in [0.3, 0.4) is 0 Å². The lowest BCUT2D eigenvalue weighted by molar-refractivity contribution is -0.143. The van der Waals surface area contributed by atoms with Crippen LogP contribution in [0.15, 0.2) is 48.6 Å². The number of ether oxygens (including phenoxy) is 1. The van der Waals surface area contributed by atoms with Crippen LogP contribution in [0.25, 0.3) is 0 Å². The second-order valence-corrected chi connectivity index (χ2v) is 22.4. The van der Waals surface area contributed by atoms with E-state index in [1.807, 2.05) is 0 Å². The van der Waals surface area contributed by atoms with Crippen LogP contribution in [0.5, 0.6) is 0 Å². The molecular weight excluding hydrogens is 911 g/mol. The third kappa shape index (κ3) is 59.1. The van der Waals surface area contributed by atoms with E-state index < -0.39 is 12.1 Å². The van der Waals surface area contributed by atoms with Gasteiger partial charge in [-0.3, -0.25) is 9.59 Å². The van der Waals surface area contributed by atoms with E-state index in [9.17, 15) is 19.8 Å². The molecule has 0 bridgehead atoms. The molecule has 1 amide bonds. The number of carbonyl (C=O) groups is 2. The van der Waals surface area contributed by atoms with Gasteiger partial charge in [0.05, 0.1) is 25.4 Å². The quantitative estimate of drug-likeness (QED) is 0.0320. The number of allylic oxidation sites excluding steroid dienone is 8.